The average molecular weight is 328 g/mol. The fourth-order valence-corrected chi connectivity index (χ4v) is 3.08. The lowest BCUT2D eigenvalue weighted by molar-refractivity contribution is -0.127. The van der Waals surface area contributed by atoms with Gasteiger partial charge in [0, 0.05) is 19.3 Å². The molecule has 1 amide bonds. The monoisotopic (exact) mass is 328 g/mol. The quantitative estimate of drug-likeness (QED) is 0.814. The maximum atomic E-state index is 13.1. The van der Waals surface area contributed by atoms with Gasteiger partial charge < -0.3 is 4.90 Å². The first-order chi connectivity index (χ1) is 11.1. The van der Waals surface area contributed by atoms with Gasteiger partial charge in [0.25, 0.3) is 0 Å². The van der Waals surface area contributed by atoms with Crippen molar-refractivity contribution in [3.63, 3.8) is 0 Å². The Kier molecular flexibility index (Phi) is 6.19. The highest BCUT2D eigenvalue weighted by Crippen LogP contribution is 2.16. The maximum Gasteiger partial charge on any atom is 0.232 e. The summed E-state index contributed by atoms with van der Waals surface area (Å²) in [5.41, 5.74) is 2.34. The summed E-state index contributed by atoms with van der Waals surface area (Å²) in [6.45, 7) is 0.381. The number of nitriles is 1. The lowest BCUT2D eigenvalue weighted by Crippen LogP contribution is -2.27. The van der Waals surface area contributed by atoms with E-state index in [4.69, 9.17) is 5.26 Å². The molecule has 0 radical (unpaired) electrons. The first-order valence-corrected chi connectivity index (χ1v) is 8.30. The van der Waals surface area contributed by atoms with Gasteiger partial charge in [-0.3, -0.25) is 4.79 Å². The van der Waals surface area contributed by atoms with Crippen molar-refractivity contribution in [3.8, 4) is 6.07 Å². The molecular weight excluding hydrogens is 311 g/mol. The predicted octanol–water partition coefficient (Wildman–Crippen LogP) is 3.59. The predicted molar refractivity (Wildman–Crippen MR) is 90.2 cm³/mol. The number of hydrogen-bond donors (Lipinski definition) is 0. The van der Waals surface area contributed by atoms with Gasteiger partial charge >= 0.3 is 0 Å². The molecule has 0 aliphatic rings. The third kappa shape index (κ3) is 5.11. The molecule has 0 aromatic heterocycles. The maximum absolute atomic E-state index is 13.1. The summed E-state index contributed by atoms with van der Waals surface area (Å²) < 4.78 is 13.1. The Hall–Kier alpha value is -2.32. The Morgan fingerprint density at radius 2 is 2.04 bits per heavy atom. The van der Waals surface area contributed by atoms with Crippen LogP contribution in [-0.2, 0) is 17.1 Å². The normalized spacial score (nSPS) is 10.1. The van der Waals surface area contributed by atoms with Crippen LogP contribution in [0.1, 0.15) is 16.7 Å². The molecule has 3 nitrogen and oxygen atoms in total. The number of nitrogens with zero attached hydrogens (tertiary/aromatic N) is 2. The molecule has 2 rings (SSSR count). The van der Waals surface area contributed by atoms with Gasteiger partial charge in [0.15, 0.2) is 0 Å². The van der Waals surface area contributed by atoms with Crippen LogP contribution in [0.25, 0.3) is 0 Å². The van der Waals surface area contributed by atoms with Crippen molar-refractivity contribution < 1.29 is 9.18 Å². The van der Waals surface area contributed by atoms with Gasteiger partial charge in [0.2, 0.25) is 5.91 Å². The van der Waals surface area contributed by atoms with Crippen LogP contribution < -0.4 is 0 Å². The molecule has 0 saturated carbocycles. The van der Waals surface area contributed by atoms with Crippen molar-refractivity contribution in [2.24, 2.45) is 0 Å². The molecule has 0 bridgehead atoms. The van der Waals surface area contributed by atoms with Gasteiger partial charge in [-0.25, -0.2) is 4.39 Å². The lowest BCUT2D eigenvalue weighted by Gasteiger charge is -2.17. The van der Waals surface area contributed by atoms with Crippen LogP contribution >= 0.6 is 11.8 Å². The van der Waals surface area contributed by atoms with E-state index in [0.717, 1.165) is 11.1 Å². The Bertz CT molecular complexity index is 727. The van der Waals surface area contributed by atoms with E-state index in [-0.39, 0.29) is 11.7 Å². The topological polar surface area (TPSA) is 44.1 Å². The minimum atomic E-state index is -0.300. The summed E-state index contributed by atoms with van der Waals surface area (Å²) in [7, 11) is 1.71. The second-order valence-electron chi connectivity index (χ2n) is 5.14. The molecule has 2 aromatic rings. The van der Waals surface area contributed by atoms with Crippen LogP contribution in [0.2, 0.25) is 0 Å². The molecule has 0 aliphatic heterocycles. The molecule has 0 fully saturated rings. The van der Waals surface area contributed by atoms with Gasteiger partial charge in [-0.1, -0.05) is 30.3 Å². The molecule has 0 atom stereocenters. The van der Waals surface area contributed by atoms with Crippen molar-refractivity contribution in [2.75, 3.05) is 12.8 Å². The Labute approximate surface area is 139 Å². The van der Waals surface area contributed by atoms with Gasteiger partial charge in [-0.05, 0) is 29.3 Å². The SMILES string of the molecule is CN(Cc1cccc(F)c1)C(=O)CSCc1ccccc1C#N. The van der Waals surface area contributed by atoms with E-state index >= 15 is 0 Å². The molecule has 0 heterocycles. The van der Waals surface area contributed by atoms with E-state index in [9.17, 15) is 9.18 Å². The van der Waals surface area contributed by atoms with Crippen LogP contribution in [0.3, 0.4) is 0 Å². The third-order valence-corrected chi connectivity index (χ3v) is 4.32. The van der Waals surface area contributed by atoms with E-state index in [1.54, 1.807) is 30.1 Å². The fourth-order valence-electron chi connectivity index (χ4n) is 2.11. The van der Waals surface area contributed by atoms with Crippen molar-refractivity contribution in [1.82, 2.24) is 4.90 Å². The van der Waals surface area contributed by atoms with Crippen LogP contribution in [-0.4, -0.2) is 23.6 Å². The summed E-state index contributed by atoms with van der Waals surface area (Å²) in [5.74, 6) is 0.619. The Morgan fingerprint density at radius 3 is 2.78 bits per heavy atom. The highest BCUT2D eigenvalue weighted by Gasteiger charge is 2.10. The Balaban J connectivity index is 1.83. The summed E-state index contributed by atoms with van der Waals surface area (Å²) in [6, 6.07) is 15.8. The van der Waals surface area contributed by atoms with Gasteiger partial charge in [0.05, 0.1) is 17.4 Å². The van der Waals surface area contributed by atoms with Gasteiger partial charge in [-0.2, -0.15) is 5.26 Å². The number of carbonyl (C=O) groups is 1. The highest BCUT2D eigenvalue weighted by atomic mass is 32.2. The molecule has 0 spiro atoms. The second kappa shape index (κ2) is 8.35. The van der Waals surface area contributed by atoms with Gasteiger partial charge in [-0.15, -0.1) is 11.8 Å². The van der Waals surface area contributed by atoms with Crippen LogP contribution in [0.4, 0.5) is 4.39 Å². The van der Waals surface area contributed by atoms with Crippen molar-refractivity contribution in [3.05, 3.63) is 71.0 Å². The standard InChI is InChI=1S/C18H17FN2OS/c1-21(11-14-5-4-8-17(19)9-14)18(22)13-23-12-16-7-3-2-6-15(16)10-20/h2-9H,11-13H2,1H3. The van der Waals surface area contributed by atoms with E-state index in [1.165, 1.54) is 23.9 Å². The van der Waals surface area contributed by atoms with Crippen molar-refractivity contribution in [1.29, 1.82) is 5.26 Å². The van der Waals surface area contributed by atoms with E-state index in [2.05, 4.69) is 6.07 Å². The minimum absolute atomic E-state index is 0.0197. The second-order valence-corrected chi connectivity index (χ2v) is 6.13. The molecular formula is C18H17FN2OS. The molecule has 0 unspecified atom stereocenters. The van der Waals surface area contributed by atoms with E-state index in [0.29, 0.717) is 23.6 Å². The van der Waals surface area contributed by atoms with Crippen LogP contribution in [0, 0.1) is 17.1 Å². The molecule has 0 saturated heterocycles. The smallest absolute Gasteiger partial charge is 0.232 e. The van der Waals surface area contributed by atoms with Crippen molar-refractivity contribution >= 4 is 17.7 Å². The molecule has 118 valence electrons. The number of thioether (sulfide) groups is 1. The molecule has 0 aliphatic carbocycles. The molecule has 5 heteroatoms. The zero-order valence-corrected chi connectivity index (χ0v) is 13.6. The zero-order valence-electron chi connectivity index (χ0n) is 12.8. The lowest BCUT2D eigenvalue weighted by atomic mass is 10.1. The number of benzene rings is 2. The summed E-state index contributed by atoms with van der Waals surface area (Å²) in [5, 5.41) is 9.04. The van der Waals surface area contributed by atoms with Crippen molar-refractivity contribution in [2.45, 2.75) is 12.3 Å². The first kappa shape index (κ1) is 17.0. The third-order valence-electron chi connectivity index (χ3n) is 3.36. The summed E-state index contributed by atoms with van der Waals surface area (Å²) >= 11 is 1.47. The van der Waals surface area contributed by atoms with Crippen LogP contribution in [0.5, 0.6) is 0 Å². The Morgan fingerprint density at radius 1 is 1.26 bits per heavy atom. The largest absolute Gasteiger partial charge is 0.341 e. The fraction of sp³-hybridized carbons (Fsp3) is 0.222. The first-order valence-electron chi connectivity index (χ1n) is 7.14. The number of hydrogen-bond acceptors (Lipinski definition) is 3. The van der Waals surface area contributed by atoms with Gasteiger partial charge in [0.1, 0.15) is 5.82 Å². The van der Waals surface area contributed by atoms with E-state index < -0.39 is 0 Å². The minimum Gasteiger partial charge on any atom is -0.341 e. The number of halogens is 1. The van der Waals surface area contributed by atoms with E-state index in [1.807, 2.05) is 18.2 Å². The number of carbonyl (C=O) groups excluding carboxylic acids is 1. The zero-order chi connectivity index (χ0) is 16.7. The number of amides is 1. The molecule has 2 aromatic carbocycles. The summed E-state index contributed by atoms with van der Waals surface area (Å²) in [6.07, 6.45) is 0. The number of rotatable bonds is 6. The average Bonchev–Trinajstić information content (AvgIpc) is 2.55. The van der Waals surface area contributed by atoms with Crippen LogP contribution in [0.15, 0.2) is 48.5 Å². The molecule has 23 heavy (non-hydrogen) atoms. The highest BCUT2D eigenvalue weighted by molar-refractivity contribution is 7.99. The molecule has 0 N–H and O–H groups in total. The summed E-state index contributed by atoms with van der Waals surface area (Å²) in [4.78, 5) is 13.7.